The Kier molecular flexibility index (Phi) is 4.58. The van der Waals surface area contributed by atoms with Crippen LogP contribution in [0.2, 0.25) is 0 Å². The van der Waals surface area contributed by atoms with Crippen LogP contribution < -0.4 is 11.1 Å². The standard InChI is InChI=1S/C12H24N2O/c1-3-6-10(13)9-14-11(15)12(2)7-4-5-8-12/h10H,3-9,13H2,1-2H3,(H,14,15). The fourth-order valence-electron chi connectivity index (χ4n) is 2.29. The highest BCUT2D eigenvalue weighted by Crippen LogP contribution is 2.37. The van der Waals surface area contributed by atoms with Crippen molar-refractivity contribution in [1.82, 2.24) is 5.32 Å². The van der Waals surface area contributed by atoms with Crippen molar-refractivity contribution >= 4 is 5.91 Å². The molecular formula is C12H24N2O. The molecule has 0 aliphatic heterocycles. The van der Waals surface area contributed by atoms with Crippen LogP contribution >= 0.6 is 0 Å². The highest BCUT2D eigenvalue weighted by Gasteiger charge is 2.35. The second kappa shape index (κ2) is 5.50. The molecule has 0 aromatic rings. The van der Waals surface area contributed by atoms with Crippen molar-refractivity contribution in [2.45, 2.75) is 58.4 Å². The number of rotatable bonds is 5. The van der Waals surface area contributed by atoms with Gasteiger partial charge in [0.1, 0.15) is 0 Å². The van der Waals surface area contributed by atoms with E-state index in [2.05, 4.69) is 19.2 Å². The number of hydrogen-bond acceptors (Lipinski definition) is 2. The van der Waals surface area contributed by atoms with Crippen molar-refractivity contribution in [1.29, 1.82) is 0 Å². The Morgan fingerprint density at radius 2 is 2.07 bits per heavy atom. The molecule has 3 nitrogen and oxygen atoms in total. The van der Waals surface area contributed by atoms with Gasteiger partial charge in [0.2, 0.25) is 5.91 Å². The molecule has 1 amide bonds. The lowest BCUT2D eigenvalue weighted by molar-refractivity contribution is -0.129. The Hall–Kier alpha value is -0.570. The van der Waals surface area contributed by atoms with E-state index in [1.54, 1.807) is 0 Å². The maximum atomic E-state index is 11.9. The van der Waals surface area contributed by atoms with Gasteiger partial charge in [-0.2, -0.15) is 0 Å². The molecule has 1 rings (SSSR count). The van der Waals surface area contributed by atoms with E-state index in [0.29, 0.717) is 6.54 Å². The van der Waals surface area contributed by atoms with Crippen LogP contribution in [0.5, 0.6) is 0 Å². The SMILES string of the molecule is CCCC(N)CNC(=O)C1(C)CCCC1. The van der Waals surface area contributed by atoms with Crippen LogP contribution in [0.25, 0.3) is 0 Å². The number of nitrogens with two attached hydrogens (primary N) is 1. The van der Waals surface area contributed by atoms with Crippen molar-refractivity contribution in [3.63, 3.8) is 0 Å². The van der Waals surface area contributed by atoms with Crippen molar-refractivity contribution in [3.8, 4) is 0 Å². The smallest absolute Gasteiger partial charge is 0.225 e. The first-order chi connectivity index (χ1) is 7.08. The first kappa shape index (κ1) is 12.5. The Balaban J connectivity index is 2.29. The van der Waals surface area contributed by atoms with Crippen LogP contribution in [-0.2, 0) is 4.79 Å². The van der Waals surface area contributed by atoms with Crippen LogP contribution in [0.3, 0.4) is 0 Å². The molecule has 0 spiro atoms. The van der Waals surface area contributed by atoms with Gasteiger partial charge in [-0.05, 0) is 19.3 Å². The summed E-state index contributed by atoms with van der Waals surface area (Å²) in [4.78, 5) is 11.9. The molecule has 1 aliphatic carbocycles. The van der Waals surface area contributed by atoms with Gasteiger partial charge in [-0.1, -0.05) is 33.1 Å². The van der Waals surface area contributed by atoms with Gasteiger partial charge >= 0.3 is 0 Å². The van der Waals surface area contributed by atoms with Crippen LogP contribution in [-0.4, -0.2) is 18.5 Å². The van der Waals surface area contributed by atoms with Crippen molar-refractivity contribution in [2.24, 2.45) is 11.1 Å². The van der Waals surface area contributed by atoms with E-state index in [4.69, 9.17) is 5.73 Å². The molecule has 3 N–H and O–H groups in total. The molecule has 1 aliphatic rings. The maximum Gasteiger partial charge on any atom is 0.225 e. The Bertz CT molecular complexity index is 210. The third kappa shape index (κ3) is 3.49. The predicted molar refractivity (Wildman–Crippen MR) is 62.5 cm³/mol. The zero-order valence-corrected chi connectivity index (χ0v) is 10.0. The van der Waals surface area contributed by atoms with E-state index in [9.17, 15) is 4.79 Å². The summed E-state index contributed by atoms with van der Waals surface area (Å²) in [5.74, 6) is 0.201. The molecule has 0 radical (unpaired) electrons. The lowest BCUT2D eigenvalue weighted by Gasteiger charge is -2.23. The highest BCUT2D eigenvalue weighted by atomic mass is 16.2. The Morgan fingerprint density at radius 1 is 1.47 bits per heavy atom. The summed E-state index contributed by atoms with van der Waals surface area (Å²) in [7, 11) is 0. The number of carbonyl (C=O) groups is 1. The van der Waals surface area contributed by atoms with E-state index in [1.165, 1.54) is 12.8 Å². The molecule has 88 valence electrons. The monoisotopic (exact) mass is 212 g/mol. The Labute approximate surface area is 92.8 Å². The quantitative estimate of drug-likeness (QED) is 0.730. The third-order valence-electron chi connectivity index (χ3n) is 3.44. The summed E-state index contributed by atoms with van der Waals surface area (Å²) in [6, 6.07) is 0.115. The zero-order chi connectivity index (χ0) is 11.3. The van der Waals surface area contributed by atoms with E-state index >= 15 is 0 Å². The molecule has 1 fully saturated rings. The van der Waals surface area contributed by atoms with E-state index in [0.717, 1.165) is 25.7 Å². The van der Waals surface area contributed by atoms with E-state index in [1.807, 2.05) is 0 Å². The zero-order valence-electron chi connectivity index (χ0n) is 10.0. The molecule has 15 heavy (non-hydrogen) atoms. The molecular weight excluding hydrogens is 188 g/mol. The minimum absolute atomic E-state index is 0.115. The van der Waals surface area contributed by atoms with Crippen LogP contribution in [0, 0.1) is 5.41 Å². The van der Waals surface area contributed by atoms with Gasteiger partial charge < -0.3 is 11.1 Å². The van der Waals surface area contributed by atoms with Crippen molar-refractivity contribution in [2.75, 3.05) is 6.54 Å². The molecule has 0 saturated heterocycles. The summed E-state index contributed by atoms with van der Waals surface area (Å²) >= 11 is 0. The molecule has 0 bridgehead atoms. The Morgan fingerprint density at radius 3 is 2.60 bits per heavy atom. The lowest BCUT2D eigenvalue weighted by Crippen LogP contribution is -2.43. The molecule has 0 heterocycles. The molecule has 0 aromatic carbocycles. The predicted octanol–water partition coefficient (Wildman–Crippen LogP) is 1.81. The average Bonchev–Trinajstić information content (AvgIpc) is 2.63. The first-order valence-electron chi connectivity index (χ1n) is 6.12. The van der Waals surface area contributed by atoms with Crippen LogP contribution in [0.4, 0.5) is 0 Å². The number of amides is 1. The van der Waals surface area contributed by atoms with Gasteiger partial charge in [-0.3, -0.25) is 4.79 Å². The molecule has 3 heteroatoms. The maximum absolute atomic E-state index is 11.9. The van der Waals surface area contributed by atoms with Crippen LogP contribution in [0.15, 0.2) is 0 Å². The minimum atomic E-state index is -0.119. The normalized spacial score (nSPS) is 21.3. The van der Waals surface area contributed by atoms with Gasteiger partial charge in [0.25, 0.3) is 0 Å². The lowest BCUT2D eigenvalue weighted by atomic mass is 9.88. The van der Waals surface area contributed by atoms with Gasteiger partial charge in [-0.15, -0.1) is 0 Å². The summed E-state index contributed by atoms with van der Waals surface area (Å²) in [5, 5.41) is 2.99. The minimum Gasteiger partial charge on any atom is -0.354 e. The van der Waals surface area contributed by atoms with Gasteiger partial charge in [0, 0.05) is 18.0 Å². The van der Waals surface area contributed by atoms with Crippen molar-refractivity contribution < 1.29 is 4.79 Å². The number of carbonyl (C=O) groups excluding carboxylic acids is 1. The molecule has 1 saturated carbocycles. The fourth-order valence-corrected chi connectivity index (χ4v) is 2.29. The van der Waals surface area contributed by atoms with Gasteiger partial charge in [-0.25, -0.2) is 0 Å². The summed E-state index contributed by atoms with van der Waals surface area (Å²) < 4.78 is 0. The highest BCUT2D eigenvalue weighted by molar-refractivity contribution is 5.82. The number of nitrogens with one attached hydrogen (secondary N) is 1. The largest absolute Gasteiger partial charge is 0.354 e. The van der Waals surface area contributed by atoms with E-state index in [-0.39, 0.29) is 17.4 Å². The molecule has 1 unspecified atom stereocenters. The fraction of sp³-hybridized carbons (Fsp3) is 0.917. The molecule has 1 atom stereocenters. The van der Waals surface area contributed by atoms with Gasteiger partial charge in [0.05, 0.1) is 0 Å². The summed E-state index contributed by atoms with van der Waals surface area (Å²) in [6.07, 6.45) is 6.49. The second-order valence-electron chi connectivity index (χ2n) is 5.03. The average molecular weight is 212 g/mol. The first-order valence-corrected chi connectivity index (χ1v) is 6.12. The van der Waals surface area contributed by atoms with Gasteiger partial charge in [0.15, 0.2) is 0 Å². The third-order valence-corrected chi connectivity index (χ3v) is 3.44. The van der Waals surface area contributed by atoms with Crippen molar-refractivity contribution in [3.05, 3.63) is 0 Å². The second-order valence-corrected chi connectivity index (χ2v) is 5.03. The number of hydrogen-bond donors (Lipinski definition) is 2. The molecule has 0 aromatic heterocycles. The topological polar surface area (TPSA) is 55.1 Å². The summed E-state index contributed by atoms with van der Waals surface area (Å²) in [5.41, 5.74) is 5.74. The van der Waals surface area contributed by atoms with Crippen LogP contribution in [0.1, 0.15) is 52.4 Å². The summed E-state index contributed by atoms with van der Waals surface area (Å²) in [6.45, 7) is 4.81. The van der Waals surface area contributed by atoms with E-state index < -0.39 is 0 Å².